The van der Waals surface area contributed by atoms with Crippen LogP contribution in [0, 0.1) is 0 Å². The molecule has 0 atom stereocenters. The van der Waals surface area contributed by atoms with Crippen LogP contribution < -0.4 is 10.6 Å². The van der Waals surface area contributed by atoms with Crippen molar-refractivity contribution in [3.8, 4) is 0 Å². The molecule has 0 spiro atoms. The van der Waals surface area contributed by atoms with Gasteiger partial charge in [0, 0.05) is 18.2 Å². The van der Waals surface area contributed by atoms with Crippen molar-refractivity contribution in [3.05, 3.63) is 54.1 Å². The van der Waals surface area contributed by atoms with Crippen molar-refractivity contribution in [3.63, 3.8) is 0 Å². The molecule has 1 aliphatic rings. The van der Waals surface area contributed by atoms with Gasteiger partial charge in [-0.05, 0) is 37.9 Å². The molecule has 1 aromatic heterocycles. The minimum absolute atomic E-state index is 0.190. The lowest BCUT2D eigenvalue weighted by Crippen LogP contribution is -2.56. The molecule has 0 aliphatic carbocycles. The third kappa shape index (κ3) is 5.17. The van der Waals surface area contributed by atoms with Crippen molar-refractivity contribution in [2.24, 2.45) is 0 Å². The van der Waals surface area contributed by atoms with E-state index in [0.717, 1.165) is 32.4 Å². The Bertz CT molecular complexity index is 767. The Kier molecular flexibility index (Phi) is 6.24. The first-order chi connectivity index (χ1) is 13.1. The zero-order valence-electron chi connectivity index (χ0n) is 15.6. The van der Waals surface area contributed by atoms with Crippen LogP contribution in [0.2, 0.25) is 0 Å². The van der Waals surface area contributed by atoms with Crippen molar-refractivity contribution in [2.75, 3.05) is 20.2 Å². The van der Waals surface area contributed by atoms with E-state index in [1.807, 2.05) is 18.2 Å². The summed E-state index contributed by atoms with van der Waals surface area (Å²) >= 11 is 0. The maximum Gasteiger partial charge on any atom is 0.327 e. The smallest absolute Gasteiger partial charge is 0.327 e. The number of aryl methyl sites for hydroxylation is 1. The van der Waals surface area contributed by atoms with Gasteiger partial charge in [0.15, 0.2) is 0 Å². The molecule has 27 heavy (non-hydrogen) atoms. The molecule has 7 nitrogen and oxygen atoms in total. The highest BCUT2D eigenvalue weighted by Crippen LogP contribution is 2.24. The molecule has 1 aromatic carbocycles. The second-order valence-corrected chi connectivity index (χ2v) is 6.97. The van der Waals surface area contributed by atoms with Crippen LogP contribution in [-0.4, -0.2) is 47.3 Å². The molecule has 0 unspecified atom stereocenters. The maximum atomic E-state index is 12.8. The van der Waals surface area contributed by atoms with E-state index in [2.05, 4.69) is 32.5 Å². The molecule has 144 valence electrons. The molecule has 2 N–H and O–H groups in total. The second-order valence-electron chi connectivity index (χ2n) is 6.97. The summed E-state index contributed by atoms with van der Waals surface area (Å²) in [6.45, 7) is 1.75. The Morgan fingerprint density at radius 2 is 2.00 bits per heavy atom. The van der Waals surface area contributed by atoms with E-state index in [-0.39, 0.29) is 24.0 Å². The van der Waals surface area contributed by atoms with Gasteiger partial charge in [0.25, 0.3) is 0 Å². The van der Waals surface area contributed by atoms with Crippen molar-refractivity contribution in [1.29, 1.82) is 0 Å². The average Bonchev–Trinajstić information content (AvgIpc) is 3.17. The van der Waals surface area contributed by atoms with E-state index in [4.69, 9.17) is 0 Å². The number of benzene rings is 1. The number of rotatable bonds is 6. The molecule has 1 saturated heterocycles. The standard InChI is InChI=1S/C20H26N4O3/c1-27-18(25)8-7-17-14-24(15-22-17)19(26)23-20(9-11-21-12-10-20)13-16-5-3-2-4-6-16/h2-6,14-15,21H,7-13H2,1H3,(H,23,26). The fraction of sp³-hybridized carbons (Fsp3) is 0.450. The number of methoxy groups -OCH3 is 1. The van der Waals surface area contributed by atoms with E-state index in [9.17, 15) is 9.59 Å². The highest BCUT2D eigenvalue weighted by molar-refractivity contribution is 5.77. The van der Waals surface area contributed by atoms with Crippen molar-refractivity contribution < 1.29 is 14.3 Å². The summed E-state index contributed by atoms with van der Waals surface area (Å²) in [5, 5.41) is 6.60. The highest BCUT2D eigenvalue weighted by Gasteiger charge is 2.34. The summed E-state index contributed by atoms with van der Waals surface area (Å²) in [6.07, 6.45) is 6.42. The van der Waals surface area contributed by atoms with Crippen LogP contribution in [-0.2, 0) is 22.4 Å². The van der Waals surface area contributed by atoms with Gasteiger partial charge in [-0.1, -0.05) is 30.3 Å². The van der Waals surface area contributed by atoms with E-state index in [1.165, 1.54) is 23.6 Å². The minimum Gasteiger partial charge on any atom is -0.469 e. The number of aromatic nitrogens is 2. The Labute approximate surface area is 159 Å². The fourth-order valence-corrected chi connectivity index (χ4v) is 3.47. The predicted molar refractivity (Wildman–Crippen MR) is 101 cm³/mol. The number of piperidine rings is 1. The van der Waals surface area contributed by atoms with E-state index < -0.39 is 0 Å². The van der Waals surface area contributed by atoms with Crippen LogP contribution in [0.25, 0.3) is 0 Å². The molecule has 0 bridgehead atoms. The number of nitrogens with zero attached hydrogens (tertiary/aromatic N) is 2. The van der Waals surface area contributed by atoms with Crippen LogP contribution in [0.4, 0.5) is 4.79 Å². The molecule has 0 radical (unpaired) electrons. The second kappa shape index (κ2) is 8.81. The van der Waals surface area contributed by atoms with Crippen LogP contribution in [0.15, 0.2) is 42.9 Å². The van der Waals surface area contributed by atoms with E-state index in [0.29, 0.717) is 12.1 Å². The third-order valence-electron chi connectivity index (χ3n) is 5.00. The lowest BCUT2D eigenvalue weighted by Gasteiger charge is -2.38. The van der Waals surface area contributed by atoms with Crippen LogP contribution in [0.5, 0.6) is 0 Å². The Balaban J connectivity index is 1.67. The number of esters is 1. The molecule has 1 aliphatic heterocycles. The molecular formula is C20H26N4O3. The Morgan fingerprint density at radius 3 is 2.70 bits per heavy atom. The summed E-state index contributed by atoms with van der Waals surface area (Å²) in [5.74, 6) is -0.287. The molecule has 0 saturated carbocycles. The maximum absolute atomic E-state index is 12.8. The van der Waals surface area contributed by atoms with Gasteiger partial charge in [0.1, 0.15) is 6.33 Å². The molecule has 1 fully saturated rings. The zero-order chi connectivity index (χ0) is 19.1. The average molecular weight is 370 g/mol. The first-order valence-corrected chi connectivity index (χ1v) is 9.27. The van der Waals surface area contributed by atoms with Gasteiger partial charge >= 0.3 is 12.0 Å². The molecular weight excluding hydrogens is 344 g/mol. The lowest BCUT2D eigenvalue weighted by molar-refractivity contribution is -0.140. The number of carbonyl (C=O) groups excluding carboxylic acids is 2. The topological polar surface area (TPSA) is 85.2 Å². The first kappa shape index (κ1) is 19.1. The monoisotopic (exact) mass is 370 g/mol. The van der Waals surface area contributed by atoms with Crippen molar-refractivity contribution in [2.45, 2.75) is 37.6 Å². The normalized spacial score (nSPS) is 15.9. The van der Waals surface area contributed by atoms with Gasteiger partial charge in [0.05, 0.1) is 19.2 Å². The van der Waals surface area contributed by atoms with Gasteiger partial charge in [-0.2, -0.15) is 0 Å². The number of nitrogens with one attached hydrogen (secondary N) is 2. The number of ether oxygens (including phenoxy) is 1. The summed E-state index contributed by atoms with van der Waals surface area (Å²) < 4.78 is 6.10. The minimum atomic E-state index is -0.287. The highest BCUT2D eigenvalue weighted by atomic mass is 16.5. The third-order valence-corrected chi connectivity index (χ3v) is 5.00. The van der Waals surface area contributed by atoms with Crippen molar-refractivity contribution >= 4 is 12.0 Å². The summed E-state index contributed by atoms with van der Waals surface area (Å²) in [7, 11) is 1.36. The van der Waals surface area contributed by atoms with E-state index >= 15 is 0 Å². The van der Waals surface area contributed by atoms with E-state index in [1.54, 1.807) is 6.20 Å². The number of carbonyl (C=O) groups is 2. The first-order valence-electron chi connectivity index (χ1n) is 9.27. The molecule has 1 amide bonds. The van der Waals surface area contributed by atoms with Gasteiger partial charge in [-0.3, -0.25) is 9.36 Å². The number of amides is 1. The summed E-state index contributed by atoms with van der Waals surface area (Å²) in [6, 6.07) is 10.0. The predicted octanol–water partition coefficient (Wildman–Crippen LogP) is 1.91. The summed E-state index contributed by atoms with van der Waals surface area (Å²) in [5.41, 5.74) is 1.63. The Hall–Kier alpha value is -2.67. The lowest BCUT2D eigenvalue weighted by atomic mass is 9.82. The zero-order valence-corrected chi connectivity index (χ0v) is 15.6. The fourth-order valence-electron chi connectivity index (χ4n) is 3.47. The molecule has 2 aromatic rings. The molecule has 3 rings (SSSR count). The largest absolute Gasteiger partial charge is 0.469 e. The molecule has 7 heteroatoms. The van der Waals surface area contributed by atoms with Crippen LogP contribution in [0.3, 0.4) is 0 Å². The van der Waals surface area contributed by atoms with Crippen molar-refractivity contribution in [1.82, 2.24) is 20.2 Å². The van der Waals surface area contributed by atoms with Gasteiger partial charge in [0.2, 0.25) is 0 Å². The van der Waals surface area contributed by atoms with Crippen LogP contribution >= 0.6 is 0 Å². The van der Waals surface area contributed by atoms with Crippen LogP contribution in [0.1, 0.15) is 30.5 Å². The summed E-state index contributed by atoms with van der Waals surface area (Å²) in [4.78, 5) is 28.3. The number of imidazole rings is 1. The Morgan fingerprint density at radius 1 is 1.26 bits per heavy atom. The quantitative estimate of drug-likeness (QED) is 0.759. The van der Waals surface area contributed by atoms with Gasteiger partial charge in [-0.25, -0.2) is 9.78 Å². The number of hydrogen-bond donors (Lipinski definition) is 2. The number of hydrogen-bond acceptors (Lipinski definition) is 5. The van der Waals surface area contributed by atoms with Gasteiger partial charge < -0.3 is 15.4 Å². The SMILES string of the molecule is COC(=O)CCc1cn(C(=O)NC2(Cc3ccccc3)CCNCC2)cn1. The molecule has 2 heterocycles. The van der Waals surface area contributed by atoms with Gasteiger partial charge in [-0.15, -0.1) is 0 Å².